The average molecular weight is 487 g/mol. The molecule has 1 N–H and O–H groups in total. The van der Waals surface area contributed by atoms with Crippen LogP contribution in [0, 0.1) is 12.8 Å². The highest BCUT2D eigenvalue weighted by atomic mass is 35.5. The third-order valence-corrected chi connectivity index (χ3v) is 6.82. The van der Waals surface area contributed by atoms with Crippen molar-refractivity contribution in [3.05, 3.63) is 59.8 Å². The summed E-state index contributed by atoms with van der Waals surface area (Å²) in [6.07, 6.45) is 8.70. The Balaban J connectivity index is 1.26. The number of imidazole rings is 1. The zero-order valence-corrected chi connectivity index (χ0v) is 19.9. The maximum Gasteiger partial charge on any atom is 0.148 e. The lowest BCUT2D eigenvalue weighted by Crippen LogP contribution is -2.18. The number of ketones is 1. The second-order valence-electron chi connectivity index (χ2n) is 9.04. The van der Waals surface area contributed by atoms with E-state index in [1.807, 2.05) is 42.1 Å². The number of H-pyrrole nitrogens is 1. The molecule has 0 unspecified atom stereocenters. The zero-order chi connectivity index (χ0) is 23.9. The smallest absolute Gasteiger partial charge is 0.148 e. The molecule has 5 aromatic rings. The van der Waals surface area contributed by atoms with E-state index in [0.29, 0.717) is 57.8 Å². The molecule has 1 saturated carbocycles. The summed E-state index contributed by atoms with van der Waals surface area (Å²) in [7, 11) is 0. The van der Waals surface area contributed by atoms with E-state index < -0.39 is 0 Å². The minimum absolute atomic E-state index is 0.367. The van der Waals surface area contributed by atoms with E-state index in [4.69, 9.17) is 21.3 Å². The largest absolute Gasteiger partial charge is 0.456 e. The van der Waals surface area contributed by atoms with Gasteiger partial charge >= 0.3 is 0 Å². The van der Waals surface area contributed by atoms with Crippen molar-refractivity contribution in [3.8, 4) is 22.8 Å². The summed E-state index contributed by atoms with van der Waals surface area (Å²) in [5, 5.41) is 4.91. The first-order valence-corrected chi connectivity index (χ1v) is 12.0. The van der Waals surface area contributed by atoms with Crippen molar-refractivity contribution in [1.29, 1.82) is 0 Å². The molecule has 2 aromatic carbocycles. The number of ether oxygens (including phenoxy) is 1. The van der Waals surface area contributed by atoms with Crippen molar-refractivity contribution in [3.63, 3.8) is 0 Å². The van der Waals surface area contributed by atoms with Crippen molar-refractivity contribution in [1.82, 2.24) is 29.7 Å². The molecule has 0 radical (unpaired) electrons. The molecule has 0 bridgehead atoms. The number of aryl methyl sites for hydroxylation is 1. The van der Waals surface area contributed by atoms with Crippen molar-refractivity contribution in [2.75, 3.05) is 0 Å². The molecular formula is C26H23ClN6O2. The first kappa shape index (κ1) is 21.7. The van der Waals surface area contributed by atoms with Gasteiger partial charge in [-0.05, 0) is 49.9 Å². The molecule has 1 aliphatic rings. The van der Waals surface area contributed by atoms with Gasteiger partial charge in [-0.15, -0.1) is 0 Å². The van der Waals surface area contributed by atoms with E-state index in [2.05, 4.69) is 20.1 Å². The van der Waals surface area contributed by atoms with Gasteiger partial charge < -0.3 is 9.72 Å². The molecule has 176 valence electrons. The second kappa shape index (κ2) is 8.78. The van der Waals surface area contributed by atoms with Crippen LogP contribution in [0.5, 0.6) is 11.5 Å². The number of carbonyl (C=O) groups excluding carboxylic acids is 1. The van der Waals surface area contributed by atoms with Crippen LogP contribution in [0.15, 0.2) is 48.9 Å². The van der Waals surface area contributed by atoms with Gasteiger partial charge in [-0.25, -0.2) is 9.97 Å². The zero-order valence-electron chi connectivity index (χ0n) is 19.2. The Hall–Kier alpha value is -3.78. The molecule has 0 atom stereocenters. The molecule has 3 heterocycles. The molecule has 8 nitrogen and oxygen atoms in total. The van der Waals surface area contributed by atoms with Crippen molar-refractivity contribution >= 4 is 39.5 Å². The topological polar surface area (TPSA) is 98.6 Å². The third kappa shape index (κ3) is 4.37. The summed E-state index contributed by atoms with van der Waals surface area (Å²) in [6, 6.07) is 9.31. The Morgan fingerprint density at radius 2 is 1.94 bits per heavy atom. The molecule has 9 heteroatoms. The van der Waals surface area contributed by atoms with Gasteiger partial charge in [0.1, 0.15) is 33.6 Å². The molecule has 0 saturated heterocycles. The monoisotopic (exact) mass is 486 g/mol. The van der Waals surface area contributed by atoms with Crippen LogP contribution < -0.4 is 4.74 Å². The predicted octanol–water partition coefficient (Wildman–Crippen LogP) is 5.88. The molecule has 0 spiro atoms. The first-order chi connectivity index (χ1) is 17.0. The number of fused-ring (bicyclic) bond motifs is 2. The molecule has 0 aliphatic heterocycles. The average Bonchev–Trinajstić information content (AvgIpc) is 3.47. The van der Waals surface area contributed by atoms with E-state index in [1.165, 1.54) is 0 Å². The van der Waals surface area contributed by atoms with Crippen LogP contribution in [0.2, 0.25) is 5.02 Å². The number of carbonyl (C=O) groups is 1. The van der Waals surface area contributed by atoms with Crippen molar-refractivity contribution in [2.24, 2.45) is 5.92 Å². The van der Waals surface area contributed by atoms with E-state index in [0.717, 1.165) is 41.8 Å². The Bertz CT molecular complexity index is 1560. The molecule has 3 aromatic heterocycles. The van der Waals surface area contributed by atoms with Gasteiger partial charge in [-0.1, -0.05) is 11.6 Å². The maximum atomic E-state index is 11.5. The Morgan fingerprint density at radius 1 is 1.11 bits per heavy atom. The second-order valence-corrected chi connectivity index (χ2v) is 9.41. The molecule has 1 fully saturated rings. The fraction of sp³-hybridized carbons (Fsp3) is 0.269. The van der Waals surface area contributed by atoms with Crippen molar-refractivity contribution < 1.29 is 9.53 Å². The van der Waals surface area contributed by atoms with Crippen molar-refractivity contribution in [2.45, 2.75) is 39.2 Å². The van der Waals surface area contributed by atoms with Gasteiger partial charge in [0, 0.05) is 37.2 Å². The molecule has 1 aliphatic carbocycles. The lowest BCUT2D eigenvalue weighted by molar-refractivity contribution is -0.121. The number of nitrogens with zero attached hydrogens (tertiary/aromatic N) is 5. The van der Waals surface area contributed by atoms with Crippen LogP contribution in [0.3, 0.4) is 0 Å². The number of aromatic nitrogens is 6. The van der Waals surface area contributed by atoms with Crippen LogP contribution in [0.25, 0.3) is 33.3 Å². The highest BCUT2D eigenvalue weighted by Gasteiger charge is 2.20. The van der Waals surface area contributed by atoms with Gasteiger partial charge in [0.2, 0.25) is 0 Å². The predicted molar refractivity (Wildman–Crippen MR) is 134 cm³/mol. The van der Waals surface area contributed by atoms with Crippen LogP contribution >= 0.6 is 11.6 Å². The molecular weight excluding hydrogens is 464 g/mol. The molecule has 35 heavy (non-hydrogen) atoms. The fourth-order valence-electron chi connectivity index (χ4n) is 4.59. The van der Waals surface area contributed by atoms with E-state index in [-0.39, 0.29) is 0 Å². The number of nitrogens with one attached hydrogen (secondary N) is 1. The highest BCUT2D eigenvalue weighted by Crippen LogP contribution is 2.35. The van der Waals surface area contributed by atoms with Crippen LogP contribution in [-0.2, 0) is 11.3 Å². The standard InChI is InChI=1S/C26H23ClN6O2/c1-15-30-20-7-6-19(10-22(20)31-15)35-24-9-8-21-26(25(24)27)32-23(12-28-21)17-11-29-33(14-17)13-16-2-4-18(34)5-3-16/h6-12,14,16H,2-5,13H2,1H3,(H,30,31). The maximum absolute atomic E-state index is 11.5. The molecule has 6 rings (SSSR count). The summed E-state index contributed by atoms with van der Waals surface area (Å²) in [4.78, 5) is 28.5. The SMILES string of the molecule is Cc1nc2ccc(Oc3ccc4ncc(-c5cnn(CC6CCC(=O)CC6)c5)nc4c3Cl)cc2[nH]1. The van der Waals surface area contributed by atoms with E-state index in [9.17, 15) is 4.79 Å². The number of hydrogen-bond acceptors (Lipinski definition) is 6. The van der Waals surface area contributed by atoms with Gasteiger partial charge in [-0.2, -0.15) is 5.10 Å². The number of hydrogen-bond donors (Lipinski definition) is 1. The lowest BCUT2D eigenvalue weighted by Gasteiger charge is -2.20. The normalized spacial score (nSPS) is 14.7. The number of Topliss-reactive ketones (excluding diaryl/α,β-unsaturated/α-hetero) is 1. The van der Waals surface area contributed by atoms with E-state index in [1.54, 1.807) is 18.5 Å². The Morgan fingerprint density at radius 3 is 2.80 bits per heavy atom. The lowest BCUT2D eigenvalue weighted by atomic mass is 9.88. The van der Waals surface area contributed by atoms with Gasteiger partial charge in [-0.3, -0.25) is 14.5 Å². The summed E-state index contributed by atoms with van der Waals surface area (Å²) < 4.78 is 8.02. The third-order valence-electron chi connectivity index (χ3n) is 6.45. The number of rotatable bonds is 5. The summed E-state index contributed by atoms with van der Waals surface area (Å²) in [5.74, 6) is 2.84. The van der Waals surface area contributed by atoms with E-state index >= 15 is 0 Å². The fourth-order valence-corrected chi connectivity index (χ4v) is 4.83. The Kier molecular flexibility index (Phi) is 5.45. The summed E-state index contributed by atoms with van der Waals surface area (Å²) in [6.45, 7) is 2.71. The van der Waals surface area contributed by atoms with Crippen LogP contribution in [-0.4, -0.2) is 35.5 Å². The minimum atomic E-state index is 0.367. The van der Waals surface area contributed by atoms with Crippen LogP contribution in [0.4, 0.5) is 0 Å². The number of aromatic amines is 1. The number of benzene rings is 2. The van der Waals surface area contributed by atoms with Crippen LogP contribution in [0.1, 0.15) is 31.5 Å². The Labute approximate surface area is 206 Å². The highest BCUT2D eigenvalue weighted by molar-refractivity contribution is 6.36. The molecule has 0 amide bonds. The van der Waals surface area contributed by atoms with Gasteiger partial charge in [0.05, 0.1) is 34.6 Å². The van der Waals surface area contributed by atoms with Gasteiger partial charge in [0.25, 0.3) is 0 Å². The minimum Gasteiger partial charge on any atom is -0.456 e. The van der Waals surface area contributed by atoms with Gasteiger partial charge in [0.15, 0.2) is 0 Å². The first-order valence-electron chi connectivity index (χ1n) is 11.7. The number of halogens is 1. The summed E-state index contributed by atoms with van der Waals surface area (Å²) >= 11 is 6.72. The quantitative estimate of drug-likeness (QED) is 0.333. The summed E-state index contributed by atoms with van der Waals surface area (Å²) in [5.41, 5.74) is 4.59.